The fourth-order valence-electron chi connectivity index (χ4n) is 3.05. The molecule has 4 rings (SSSR count). The Bertz CT molecular complexity index is 875. The minimum absolute atomic E-state index is 0.0807. The summed E-state index contributed by atoms with van der Waals surface area (Å²) < 4.78 is 8.00. The van der Waals surface area contributed by atoms with Gasteiger partial charge in [-0.25, -0.2) is 9.97 Å². The highest BCUT2D eigenvalue weighted by Gasteiger charge is 2.21. The third kappa shape index (κ3) is 4.58. The van der Waals surface area contributed by atoms with Crippen molar-refractivity contribution in [3.05, 3.63) is 48.1 Å². The topological polar surface area (TPSA) is 69.0 Å². The number of hydrogen-bond donors (Lipinski definition) is 1. The molecule has 1 aliphatic heterocycles. The summed E-state index contributed by atoms with van der Waals surface area (Å²) in [5, 5.41) is 6.10. The van der Waals surface area contributed by atoms with Crippen molar-refractivity contribution >= 4 is 34.1 Å². The second-order valence-corrected chi connectivity index (χ2v) is 8.05. The van der Waals surface area contributed by atoms with E-state index in [1.54, 1.807) is 6.20 Å². The molecule has 8 heteroatoms. The third-order valence-corrected chi connectivity index (χ3v) is 5.99. The number of carbonyl (C=O) groups is 1. The first-order chi connectivity index (χ1) is 13.3. The van der Waals surface area contributed by atoms with Gasteiger partial charge in [0.25, 0.3) is 0 Å². The van der Waals surface area contributed by atoms with Crippen LogP contribution in [0.25, 0.3) is 11.3 Å². The Morgan fingerprint density at radius 3 is 2.96 bits per heavy atom. The van der Waals surface area contributed by atoms with E-state index in [4.69, 9.17) is 4.74 Å². The second-order valence-electron chi connectivity index (χ2n) is 6.21. The number of thioether (sulfide) groups is 1. The molecule has 140 valence electrons. The van der Waals surface area contributed by atoms with Crippen LogP contribution in [0.1, 0.15) is 12.8 Å². The molecule has 1 fully saturated rings. The average molecular weight is 401 g/mol. The number of benzene rings is 1. The highest BCUT2D eigenvalue weighted by Crippen LogP contribution is 2.28. The predicted octanol–water partition coefficient (Wildman–Crippen LogP) is 3.92. The molecule has 1 aromatic carbocycles. The minimum atomic E-state index is -0.0807. The standard InChI is InChI=1S/C19H20N4O2S2/c24-17(22-18-20-8-10-26-18)13-27-19-21-11-16(14-5-2-1-3-6-14)23(19)12-15-7-4-9-25-15/h1-3,5-6,8,10-11,15H,4,7,9,12-13H2,(H,20,22,24)/t15-/m0/s1. The molecule has 0 spiro atoms. The first-order valence-electron chi connectivity index (χ1n) is 8.84. The van der Waals surface area contributed by atoms with Gasteiger partial charge in [0.2, 0.25) is 5.91 Å². The Balaban J connectivity index is 1.50. The number of nitrogens with one attached hydrogen (secondary N) is 1. The minimum Gasteiger partial charge on any atom is -0.376 e. The lowest BCUT2D eigenvalue weighted by atomic mass is 10.1. The third-order valence-electron chi connectivity index (χ3n) is 4.31. The van der Waals surface area contributed by atoms with Crippen molar-refractivity contribution in [2.75, 3.05) is 17.7 Å². The van der Waals surface area contributed by atoms with Crippen LogP contribution >= 0.6 is 23.1 Å². The van der Waals surface area contributed by atoms with Gasteiger partial charge in [-0.2, -0.15) is 0 Å². The van der Waals surface area contributed by atoms with E-state index in [0.29, 0.717) is 5.13 Å². The first kappa shape index (κ1) is 18.2. The summed E-state index contributed by atoms with van der Waals surface area (Å²) in [7, 11) is 0. The van der Waals surface area contributed by atoms with Crippen LogP contribution in [0.15, 0.2) is 53.3 Å². The number of imidazole rings is 1. The fourth-order valence-corrected chi connectivity index (χ4v) is 4.39. The smallest absolute Gasteiger partial charge is 0.236 e. The van der Waals surface area contributed by atoms with Crippen molar-refractivity contribution in [3.63, 3.8) is 0 Å². The summed E-state index contributed by atoms with van der Waals surface area (Å²) in [6, 6.07) is 10.2. The van der Waals surface area contributed by atoms with Gasteiger partial charge in [-0.05, 0) is 18.4 Å². The number of nitrogens with zero attached hydrogens (tertiary/aromatic N) is 3. The number of aromatic nitrogens is 3. The number of rotatable bonds is 7. The number of hydrogen-bond acceptors (Lipinski definition) is 6. The molecule has 0 aliphatic carbocycles. The molecule has 1 N–H and O–H groups in total. The summed E-state index contributed by atoms with van der Waals surface area (Å²) >= 11 is 2.85. The molecule has 0 unspecified atom stereocenters. The molecule has 6 nitrogen and oxygen atoms in total. The Labute approximate surface area is 166 Å². The lowest BCUT2D eigenvalue weighted by Crippen LogP contribution is -2.18. The molecule has 0 saturated carbocycles. The molecule has 27 heavy (non-hydrogen) atoms. The van der Waals surface area contributed by atoms with E-state index in [-0.39, 0.29) is 17.8 Å². The first-order valence-corrected chi connectivity index (χ1v) is 10.7. The lowest BCUT2D eigenvalue weighted by molar-refractivity contribution is -0.113. The van der Waals surface area contributed by atoms with Crippen LogP contribution in [-0.4, -0.2) is 38.9 Å². The molecular formula is C19H20N4O2S2. The van der Waals surface area contributed by atoms with E-state index in [1.807, 2.05) is 29.8 Å². The molecule has 1 atom stereocenters. The Kier molecular flexibility index (Phi) is 5.86. The van der Waals surface area contributed by atoms with Gasteiger partial charge in [-0.3, -0.25) is 4.79 Å². The molecule has 1 saturated heterocycles. The number of carbonyl (C=O) groups excluding carboxylic acids is 1. The zero-order chi connectivity index (χ0) is 18.5. The molecular weight excluding hydrogens is 380 g/mol. The van der Waals surface area contributed by atoms with Gasteiger partial charge in [-0.15, -0.1) is 11.3 Å². The van der Waals surface area contributed by atoms with E-state index in [0.717, 1.165) is 42.4 Å². The highest BCUT2D eigenvalue weighted by molar-refractivity contribution is 7.99. The summed E-state index contributed by atoms with van der Waals surface area (Å²) in [5.41, 5.74) is 2.16. The molecule has 3 heterocycles. The maximum Gasteiger partial charge on any atom is 0.236 e. The van der Waals surface area contributed by atoms with Crippen molar-refractivity contribution in [2.24, 2.45) is 0 Å². The zero-order valence-corrected chi connectivity index (χ0v) is 16.3. The van der Waals surface area contributed by atoms with E-state index in [2.05, 4.69) is 32.0 Å². The maximum absolute atomic E-state index is 12.2. The van der Waals surface area contributed by atoms with Crippen molar-refractivity contribution in [1.82, 2.24) is 14.5 Å². The highest BCUT2D eigenvalue weighted by atomic mass is 32.2. The second kappa shape index (κ2) is 8.69. The summed E-state index contributed by atoms with van der Waals surface area (Å²) in [4.78, 5) is 20.9. The summed E-state index contributed by atoms with van der Waals surface area (Å²) in [6.07, 6.45) is 5.91. The van der Waals surface area contributed by atoms with Crippen LogP contribution in [0.2, 0.25) is 0 Å². The van der Waals surface area contributed by atoms with Crippen LogP contribution in [0.3, 0.4) is 0 Å². The Hall–Kier alpha value is -2.16. The van der Waals surface area contributed by atoms with Gasteiger partial charge in [0, 0.05) is 18.2 Å². The SMILES string of the molecule is O=C(CSc1ncc(-c2ccccc2)n1C[C@@H]1CCCO1)Nc1nccs1. The summed E-state index contributed by atoms with van der Waals surface area (Å²) in [6.45, 7) is 1.57. The largest absolute Gasteiger partial charge is 0.376 e. The Morgan fingerprint density at radius 2 is 2.22 bits per heavy atom. The fraction of sp³-hybridized carbons (Fsp3) is 0.316. The lowest BCUT2D eigenvalue weighted by Gasteiger charge is -2.16. The normalized spacial score (nSPS) is 16.5. The van der Waals surface area contributed by atoms with Crippen molar-refractivity contribution in [1.29, 1.82) is 0 Å². The van der Waals surface area contributed by atoms with Gasteiger partial charge in [-0.1, -0.05) is 42.1 Å². The summed E-state index contributed by atoms with van der Waals surface area (Å²) in [5.74, 6) is 0.207. The van der Waals surface area contributed by atoms with Crippen LogP contribution in [0, 0.1) is 0 Å². The van der Waals surface area contributed by atoms with Crippen LogP contribution in [0.4, 0.5) is 5.13 Å². The van der Waals surface area contributed by atoms with E-state index in [1.165, 1.54) is 23.1 Å². The quantitative estimate of drug-likeness (QED) is 0.609. The molecule has 1 aliphatic rings. The number of anilines is 1. The zero-order valence-electron chi connectivity index (χ0n) is 14.7. The van der Waals surface area contributed by atoms with E-state index >= 15 is 0 Å². The maximum atomic E-state index is 12.2. The molecule has 1 amide bonds. The Morgan fingerprint density at radius 1 is 1.33 bits per heavy atom. The van der Waals surface area contributed by atoms with Gasteiger partial charge in [0.05, 0.1) is 30.3 Å². The van der Waals surface area contributed by atoms with Gasteiger partial charge in [0.1, 0.15) is 0 Å². The van der Waals surface area contributed by atoms with Crippen LogP contribution in [0.5, 0.6) is 0 Å². The molecule has 3 aromatic rings. The van der Waals surface area contributed by atoms with Crippen molar-refractivity contribution in [3.8, 4) is 11.3 Å². The van der Waals surface area contributed by atoms with Gasteiger partial charge >= 0.3 is 0 Å². The predicted molar refractivity (Wildman–Crippen MR) is 108 cm³/mol. The van der Waals surface area contributed by atoms with Crippen LogP contribution in [-0.2, 0) is 16.1 Å². The van der Waals surface area contributed by atoms with Crippen molar-refractivity contribution < 1.29 is 9.53 Å². The molecule has 0 bridgehead atoms. The number of thiazole rings is 1. The number of amides is 1. The van der Waals surface area contributed by atoms with Gasteiger partial charge < -0.3 is 14.6 Å². The monoisotopic (exact) mass is 400 g/mol. The van der Waals surface area contributed by atoms with E-state index < -0.39 is 0 Å². The van der Waals surface area contributed by atoms with Crippen LogP contribution < -0.4 is 5.32 Å². The molecule has 0 radical (unpaired) electrons. The average Bonchev–Trinajstić information content (AvgIpc) is 3.44. The van der Waals surface area contributed by atoms with E-state index in [9.17, 15) is 4.79 Å². The van der Waals surface area contributed by atoms with Crippen molar-refractivity contribution in [2.45, 2.75) is 30.6 Å². The number of ether oxygens (including phenoxy) is 1. The molecule has 2 aromatic heterocycles. The van der Waals surface area contributed by atoms with Gasteiger partial charge in [0.15, 0.2) is 10.3 Å².